The van der Waals surface area contributed by atoms with E-state index in [4.69, 9.17) is 18.0 Å². The Bertz CT molecular complexity index is 182. The molecule has 2 N–H and O–H groups in total. The third-order valence-electron chi connectivity index (χ3n) is 1.85. The summed E-state index contributed by atoms with van der Waals surface area (Å²) in [5.41, 5.74) is 5.37. The molecule has 4 heteroatoms. The first kappa shape index (κ1) is 11.4. The lowest BCUT2D eigenvalue weighted by molar-refractivity contribution is -0.131. The van der Waals surface area contributed by atoms with Gasteiger partial charge in [0.15, 0.2) is 0 Å². The average Bonchev–Trinajstić information content (AvgIpc) is 2.00. The summed E-state index contributed by atoms with van der Waals surface area (Å²) in [7, 11) is 1.77. The van der Waals surface area contributed by atoms with Gasteiger partial charge in [-0.15, -0.1) is 0 Å². The highest BCUT2D eigenvalue weighted by molar-refractivity contribution is 7.80. The van der Waals surface area contributed by atoms with Gasteiger partial charge in [0.05, 0.1) is 4.99 Å². The summed E-state index contributed by atoms with van der Waals surface area (Å²) in [6, 6.07) is 0.106. The second-order valence-electron chi connectivity index (χ2n) is 2.88. The number of carbonyl (C=O) groups excluding carboxylic acids is 1. The summed E-state index contributed by atoms with van der Waals surface area (Å²) in [5, 5.41) is 0. The summed E-state index contributed by atoms with van der Waals surface area (Å²) >= 11 is 4.75. The van der Waals surface area contributed by atoms with Crippen molar-refractivity contribution < 1.29 is 4.79 Å². The van der Waals surface area contributed by atoms with Crippen LogP contribution in [0.25, 0.3) is 0 Å². The predicted molar refractivity (Wildman–Crippen MR) is 53.9 cm³/mol. The Balaban J connectivity index is 4.00. The number of rotatable bonds is 4. The number of thiocarbonyl (C=S) groups is 1. The summed E-state index contributed by atoms with van der Waals surface area (Å²) in [4.78, 5) is 13.3. The van der Waals surface area contributed by atoms with Gasteiger partial charge in [-0.25, -0.2) is 0 Å². The number of amides is 1. The van der Waals surface area contributed by atoms with Crippen LogP contribution in [-0.2, 0) is 4.79 Å². The molecule has 0 spiro atoms. The van der Waals surface area contributed by atoms with Crippen molar-refractivity contribution in [2.75, 3.05) is 7.05 Å². The van der Waals surface area contributed by atoms with E-state index in [1.54, 1.807) is 11.9 Å². The van der Waals surface area contributed by atoms with Crippen molar-refractivity contribution in [1.82, 2.24) is 4.90 Å². The van der Waals surface area contributed by atoms with Gasteiger partial charge in [0.2, 0.25) is 5.91 Å². The van der Waals surface area contributed by atoms with Crippen molar-refractivity contribution in [2.45, 2.75) is 32.7 Å². The fourth-order valence-electron chi connectivity index (χ4n) is 0.923. The molecule has 70 valence electrons. The largest absolute Gasteiger partial charge is 0.393 e. The van der Waals surface area contributed by atoms with Crippen molar-refractivity contribution in [2.24, 2.45) is 5.73 Å². The maximum atomic E-state index is 11.2. The zero-order chi connectivity index (χ0) is 9.72. The Morgan fingerprint density at radius 2 is 2.17 bits per heavy atom. The molecule has 0 bridgehead atoms. The van der Waals surface area contributed by atoms with Gasteiger partial charge in [-0.05, 0) is 6.92 Å². The molecule has 1 amide bonds. The number of hydrogen-bond donors (Lipinski definition) is 1. The van der Waals surface area contributed by atoms with Gasteiger partial charge in [-0.1, -0.05) is 19.1 Å². The highest BCUT2D eigenvalue weighted by Crippen LogP contribution is 2.02. The third-order valence-corrected chi connectivity index (χ3v) is 2.02. The second kappa shape index (κ2) is 5.09. The Kier molecular flexibility index (Phi) is 4.81. The number of nitrogens with two attached hydrogens (primary N) is 1. The van der Waals surface area contributed by atoms with E-state index in [1.165, 1.54) is 0 Å². The molecule has 0 saturated heterocycles. The Morgan fingerprint density at radius 3 is 2.50 bits per heavy atom. The Hall–Kier alpha value is -0.640. The molecule has 0 radical (unpaired) electrons. The minimum absolute atomic E-state index is 0.106. The van der Waals surface area contributed by atoms with E-state index in [9.17, 15) is 4.79 Å². The quantitative estimate of drug-likeness (QED) is 0.667. The van der Waals surface area contributed by atoms with Crippen LogP contribution < -0.4 is 5.73 Å². The number of carbonyl (C=O) groups is 1. The Labute approximate surface area is 78.9 Å². The van der Waals surface area contributed by atoms with Gasteiger partial charge in [-0.2, -0.15) is 0 Å². The predicted octanol–water partition coefficient (Wildman–Crippen LogP) is 0.920. The van der Waals surface area contributed by atoms with Crippen LogP contribution in [0.15, 0.2) is 0 Å². The highest BCUT2D eigenvalue weighted by atomic mass is 32.1. The molecule has 12 heavy (non-hydrogen) atoms. The van der Waals surface area contributed by atoms with Crippen molar-refractivity contribution in [3.05, 3.63) is 0 Å². The van der Waals surface area contributed by atoms with Crippen molar-refractivity contribution in [3.63, 3.8) is 0 Å². The molecular weight excluding hydrogens is 172 g/mol. The normalized spacial score (nSPS) is 12.2. The van der Waals surface area contributed by atoms with E-state index < -0.39 is 0 Å². The number of nitrogens with zero attached hydrogens (tertiary/aromatic N) is 1. The van der Waals surface area contributed by atoms with Gasteiger partial charge in [-0.3, -0.25) is 4.79 Å². The van der Waals surface area contributed by atoms with Gasteiger partial charge in [0.1, 0.15) is 0 Å². The van der Waals surface area contributed by atoms with Gasteiger partial charge >= 0.3 is 0 Å². The fraction of sp³-hybridized carbons (Fsp3) is 0.750. The molecule has 0 aromatic carbocycles. The molecule has 0 aliphatic carbocycles. The van der Waals surface area contributed by atoms with E-state index in [0.29, 0.717) is 17.8 Å². The summed E-state index contributed by atoms with van der Waals surface area (Å²) in [6.45, 7) is 3.78. The lowest BCUT2D eigenvalue weighted by Crippen LogP contribution is -2.36. The second-order valence-corrected chi connectivity index (χ2v) is 3.40. The third kappa shape index (κ3) is 3.67. The molecule has 0 saturated carbocycles. The van der Waals surface area contributed by atoms with Gasteiger partial charge in [0, 0.05) is 25.9 Å². The first-order valence-electron chi connectivity index (χ1n) is 4.03. The van der Waals surface area contributed by atoms with Gasteiger partial charge in [0.25, 0.3) is 0 Å². The molecule has 0 aliphatic rings. The lowest BCUT2D eigenvalue weighted by atomic mass is 10.2. The molecule has 0 heterocycles. The van der Waals surface area contributed by atoms with Crippen LogP contribution >= 0.6 is 12.2 Å². The molecule has 3 nitrogen and oxygen atoms in total. The standard InChI is InChI=1S/C8H16N2OS/c1-4-8(11)10(3)6(2)5-7(9)12/h6H,4-5H2,1-3H3,(H2,9,12). The number of hydrogen-bond acceptors (Lipinski definition) is 2. The molecule has 1 unspecified atom stereocenters. The fourth-order valence-corrected chi connectivity index (χ4v) is 1.16. The lowest BCUT2D eigenvalue weighted by Gasteiger charge is -2.23. The first-order valence-corrected chi connectivity index (χ1v) is 4.43. The smallest absolute Gasteiger partial charge is 0.222 e. The minimum Gasteiger partial charge on any atom is -0.393 e. The van der Waals surface area contributed by atoms with Crippen LogP contribution in [0, 0.1) is 0 Å². The van der Waals surface area contributed by atoms with E-state index in [1.807, 2.05) is 13.8 Å². The summed E-state index contributed by atoms with van der Waals surface area (Å²) in [5.74, 6) is 0.124. The van der Waals surface area contributed by atoms with Crippen LogP contribution in [0.3, 0.4) is 0 Å². The molecule has 0 fully saturated rings. The van der Waals surface area contributed by atoms with Crippen molar-refractivity contribution in [1.29, 1.82) is 0 Å². The topological polar surface area (TPSA) is 46.3 Å². The molecule has 1 atom stereocenters. The van der Waals surface area contributed by atoms with Crippen LogP contribution in [0.2, 0.25) is 0 Å². The maximum Gasteiger partial charge on any atom is 0.222 e. The highest BCUT2D eigenvalue weighted by Gasteiger charge is 2.13. The van der Waals surface area contributed by atoms with Crippen molar-refractivity contribution in [3.8, 4) is 0 Å². The average molecular weight is 188 g/mol. The van der Waals surface area contributed by atoms with Crippen molar-refractivity contribution >= 4 is 23.1 Å². The zero-order valence-corrected chi connectivity index (χ0v) is 8.65. The molecule has 0 aromatic heterocycles. The minimum atomic E-state index is 0.106. The van der Waals surface area contributed by atoms with Crippen LogP contribution in [0.1, 0.15) is 26.7 Å². The zero-order valence-electron chi connectivity index (χ0n) is 7.83. The van der Waals surface area contributed by atoms with Gasteiger partial charge < -0.3 is 10.6 Å². The SMILES string of the molecule is CCC(=O)N(C)C(C)CC(N)=S. The van der Waals surface area contributed by atoms with Crippen LogP contribution in [0.4, 0.5) is 0 Å². The molecular formula is C8H16N2OS. The van der Waals surface area contributed by atoms with Crippen LogP contribution in [-0.4, -0.2) is 28.9 Å². The molecule has 0 rings (SSSR count). The van der Waals surface area contributed by atoms with Crippen LogP contribution in [0.5, 0.6) is 0 Å². The monoisotopic (exact) mass is 188 g/mol. The van der Waals surface area contributed by atoms with E-state index in [0.717, 1.165) is 0 Å². The van der Waals surface area contributed by atoms with E-state index in [-0.39, 0.29) is 11.9 Å². The Morgan fingerprint density at radius 1 is 1.67 bits per heavy atom. The van der Waals surface area contributed by atoms with E-state index in [2.05, 4.69) is 0 Å². The molecule has 0 aromatic rings. The summed E-state index contributed by atoms with van der Waals surface area (Å²) < 4.78 is 0. The first-order chi connectivity index (χ1) is 5.49. The molecule has 0 aliphatic heterocycles. The van der Waals surface area contributed by atoms with E-state index >= 15 is 0 Å². The maximum absolute atomic E-state index is 11.2. The summed E-state index contributed by atoms with van der Waals surface area (Å²) in [6.07, 6.45) is 1.12.